The Kier molecular flexibility index (Phi) is 4.79. The van der Waals surface area contributed by atoms with Crippen molar-refractivity contribution in [3.63, 3.8) is 0 Å². The highest BCUT2D eigenvalue weighted by molar-refractivity contribution is 5.77. The van der Waals surface area contributed by atoms with Crippen LogP contribution in [-0.2, 0) is 9.53 Å². The van der Waals surface area contributed by atoms with Gasteiger partial charge in [-0.2, -0.15) is 0 Å². The second-order valence-corrected chi connectivity index (χ2v) is 3.59. The normalized spacial score (nSPS) is 12.1. The van der Waals surface area contributed by atoms with Crippen molar-refractivity contribution in [2.75, 3.05) is 6.61 Å². The van der Waals surface area contributed by atoms with Crippen molar-refractivity contribution in [1.29, 1.82) is 0 Å². The van der Waals surface area contributed by atoms with Gasteiger partial charge in [0.15, 0.2) is 0 Å². The predicted molar refractivity (Wildman–Crippen MR) is 60.9 cm³/mol. The topological polar surface area (TPSA) is 72.5 Å². The first-order valence-corrected chi connectivity index (χ1v) is 5.36. The quantitative estimate of drug-likeness (QED) is 0.589. The van der Waals surface area contributed by atoms with Gasteiger partial charge in [0.2, 0.25) is 0 Å². The fourth-order valence-electron chi connectivity index (χ4n) is 1.22. The third-order valence-electron chi connectivity index (χ3n) is 2.25. The van der Waals surface area contributed by atoms with Crippen molar-refractivity contribution in [2.24, 2.45) is 5.73 Å². The lowest BCUT2D eigenvalue weighted by Gasteiger charge is -2.11. The molecule has 0 bridgehead atoms. The maximum Gasteiger partial charge on any atom is 0.327 e. The van der Waals surface area contributed by atoms with E-state index in [0.29, 0.717) is 12.2 Å². The minimum atomic E-state index is -0.780. The van der Waals surface area contributed by atoms with E-state index < -0.39 is 12.0 Å². The first-order valence-electron chi connectivity index (χ1n) is 5.36. The predicted octanol–water partition coefficient (Wildman–Crippen LogP) is 1.74. The van der Waals surface area contributed by atoms with Crippen molar-refractivity contribution >= 4 is 5.97 Å². The molecule has 0 amide bonds. The lowest BCUT2D eigenvalue weighted by molar-refractivity contribution is -0.145. The third-order valence-corrected chi connectivity index (χ3v) is 2.25. The Morgan fingerprint density at radius 3 is 2.62 bits per heavy atom. The van der Waals surface area contributed by atoms with Crippen LogP contribution in [0.1, 0.15) is 31.4 Å². The fourth-order valence-corrected chi connectivity index (χ4v) is 1.22. The van der Waals surface area contributed by atoms with E-state index in [4.69, 9.17) is 15.6 Å². The molecule has 0 spiro atoms. The van der Waals surface area contributed by atoms with Crippen LogP contribution in [0.3, 0.4) is 0 Å². The monoisotopic (exact) mass is 223 g/mol. The fraction of sp³-hybridized carbons (Fsp3) is 0.417. The van der Waals surface area contributed by atoms with Crippen molar-refractivity contribution in [3.8, 4) is 5.75 Å². The van der Waals surface area contributed by atoms with E-state index in [-0.39, 0.29) is 5.75 Å². The minimum Gasteiger partial charge on any atom is -0.508 e. The number of esters is 1. The Labute approximate surface area is 95.0 Å². The van der Waals surface area contributed by atoms with Crippen LogP contribution in [0.25, 0.3) is 0 Å². The van der Waals surface area contributed by atoms with Crippen LogP contribution in [0.2, 0.25) is 0 Å². The average Bonchev–Trinajstić information content (AvgIpc) is 2.29. The van der Waals surface area contributed by atoms with Crippen LogP contribution >= 0.6 is 0 Å². The number of unbranched alkanes of at least 4 members (excludes halogenated alkanes) is 1. The Hall–Kier alpha value is -1.55. The van der Waals surface area contributed by atoms with Crippen LogP contribution in [-0.4, -0.2) is 17.7 Å². The van der Waals surface area contributed by atoms with Crippen molar-refractivity contribution in [2.45, 2.75) is 25.8 Å². The third kappa shape index (κ3) is 3.55. The lowest BCUT2D eigenvalue weighted by Crippen LogP contribution is -2.24. The number of carbonyl (C=O) groups excluding carboxylic acids is 1. The molecular weight excluding hydrogens is 206 g/mol. The highest BCUT2D eigenvalue weighted by Crippen LogP contribution is 2.16. The van der Waals surface area contributed by atoms with Gasteiger partial charge in [0.1, 0.15) is 11.8 Å². The average molecular weight is 223 g/mol. The van der Waals surface area contributed by atoms with Gasteiger partial charge in [-0.3, -0.25) is 0 Å². The van der Waals surface area contributed by atoms with Crippen LogP contribution in [0, 0.1) is 0 Å². The summed E-state index contributed by atoms with van der Waals surface area (Å²) in [4.78, 5) is 11.5. The lowest BCUT2D eigenvalue weighted by atomic mass is 10.1. The van der Waals surface area contributed by atoms with Gasteiger partial charge >= 0.3 is 5.97 Å². The molecule has 0 unspecified atom stereocenters. The first kappa shape index (κ1) is 12.5. The van der Waals surface area contributed by atoms with Crippen LogP contribution in [0.5, 0.6) is 5.75 Å². The molecule has 3 N–H and O–H groups in total. The van der Waals surface area contributed by atoms with E-state index in [1.54, 1.807) is 12.1 Å². The summed E-state index contributed by atoms with van der Waals surface area (Å²) in [5.41, 5.74) is 6.35. The molecule has 0 aliphatic heterocycles. The van der Waals surface area contributed by atoms with Crippen LogP contribution < -0.4 is 5.73 Å². The first-order chi connectivity index (χ1) is 7.65. The number of hydrogen-bond acceptors (Lipinski definition) is 4. The summed E-state index contributed by atoms with van der Waals surface area (Å²) in [6, 6.07) is 5.43. The SMILES string of the molecule is CCCCOC(=O)[C@@H](N)c1ccc(O)cc1. The highest BCUT2D eigenvalue weighted by Gasteiger charge is 2.16. The van der Waals surface area contributed by atoms with Crippen molar-refractivity contribution in [3.05, 3.63) is 29.8 Å². The molecule has 16 heavy (non-hydrogen) atoms. The summed E-state index contributed by atoms with van der Waals surface area (Å²) < 4.78 is 5.00. The smallest absolute Gasteiger partial charge is 0.327 e. The Bertz CT molecular complexity index is 335. The van der Waals surface area contributed by atoms with E-state index in [2.05, 4.69) is 0 Å². The number of hydrogen-bond donors (Lipinski definition) is 2. The molecule has 0 aliphatic carbocycles. The van der Waals surface area contributed by atoms with E-state index in [0.717, 1.165) is 12.8 Å². The summed E-state index contributed by atoms with van der Waals surface area (Å²) in [6.07, 6.45) is 1.82. The highest BCUT2D eigenvalue weighted by atomic mass is 16.5. The molecule has 1 aromatic rings. The molecule has 1 atom stereocenters. The molecule has 1 rings (SSSR count). The van der Waals surface area contributed by atoms with Gasteiger partial charge in [0.25, 0.3) is 0 Å². The van der Waals surface area contributed by atoms with Gasteiger partial charge in [-0.25, -0.2) is 4.79 Å². The summed E-state index contributed by atoms with van der Waals surface area (Å²) in [5, 5.41) is 9.09. The van der Waals surface area contributed by atoms with E-state index in [1.807, 2.05) is 6.92 Å². The molecule has 0 saturated carbocycles. The number of phenolic OH excluding ortho intramolecular Hbond substituents is 1. The van der Waals surface area contributed by atoms with E-state index in [9.17, 15) is 4.79 Å². The molecule has 88 valence electrons. The molecule has 0 radical (unpaired) electrons. The van der Waals surface area contributed by atoms with Gasteiger partial charge < -0.3 is 15.6 Å². The molecule has 0 aromatic heterocycles. The zero-order chi connectivity index (χ0) is 12.0. The number of ether oxygens (including phenoxy) is 1. The summed E-state index contributed by atoms with van der Waals surface area (Å²) >= 11 is 0. The van der Waals surface area contributed by atoms with E-state index >= 15 is 0 Å². The molecule has 1 aromatic carbocycles. The number of benzene rings is 1. The van der Waals surface area contributed by atoms with Gasteiger partial charge in [-0.15, -0.1) is 0 Å². The largest absolute Gasteiger partial charge is 0.508 e. The number of aromatic hydroxyl groups is 1. The zero-order valence-electron chi connectivity index (χ0n) is 9.35. The minimum absolute atomic E-state index is 0.148. The van der Waals surface area contributed by atoms with E-state index in [1.165, 1.54) is 12.1 Å². The van der Waals surface area contributed by atoms with Crippen molar-refractivity contribution < 1.29 is 14.6 Å². The molecule has 0 fully saturated rings. The van der Waals surface area contributed by atoms with Crippen molar-refractivity contribution in [1.82, 2.24) is 0 Å². The second kappa shape index (κ2) is 6.12. The summed E-state index contributed by atoms with van der Waals surface area (Å²) in [7, 11) is 0. The number of phenols is 1. The van der Waals surface area contributed by atoms with Gasteiger partial charge in [-0.1, -0.05) is 25.5 Å². The zero-order valence-corrected chi connectivity index (χ0v) is 9.35. The maximum atomic E-state index is 11.5. The van der Waals surface area contributed by atoms with Crippen LogP contribution in [0.15, 0.2) is 24.3 Å². The number of rotatable bonds is 5. The number of carbonyl (C=O) groups is 1. The summed E-state index contributed by atoms with van der Waals surface area (Å²) in [6.45, 7) is 2.43. The molecule has 0 aliphatic rings. The van der Waals surface area contributed by atoms with Gasteiger partial charge in [0.05, 0.1) is 6.61 Å². The summed E-state index contributed by atoms with van der Waals surface area (Å²) in [5.74, 6) is -0.283. The standard InChI is InChI=1S/C12H17NO3/c1-2-3-8-16-12(15)11(13)9-4-6-10(14)7-5-9/h4-7,11,14H,2-3,8,13H2,1H3/t11-/m0/s1. The van der Waals surface area contributed by atoms with Gasteiger partial charge in [-0.05, 0) is 24.1 Å². The molecule has 0 saturated heterocycles. The maximum absolute atomic E-state index is 11.5. The Balaban J connectivity index is 2.53. The molecule has 4 heteroatoms. The molecular formula is C12H17NO3. The van der Waals surface area contributed by atoms with Crippen LogP contribution in [0.4, 0.5) is 0 Å². The molecule has 0 heterocycles. The second-order valence-electron chi connectivity index (χ2n) is 3.59. The Morgan fingerprint density at radius 1 is 1.44 bits per heavy atom. The molecule has 4 nitrogen and oxygen atoms in total. The van der Waals surface area contributed by atoms with Gasteiger partial charge in [0, 0.05) is 0 Å². The number of nitrogens with two attached hydrogens (primary N) is 1. The Morgan fingerprint density at radius 2 is 2.06 bits per heavy atom.